The van der Waals surface area contributed by atoms with Crippen molar-refractivity contribution < 1.29 is 23.9 Å². The number of imide groups is 2. The van der Waals surface area contributed by atoms with Crippen LogP contribution in [0.2, 0.25) is 0 Å². The number of fused-ring (bicyclic) bond motifs is 2. The molecule has 310 valence electrons. The molecule has 7 heterocycles. The summed E-state index contributed by atoms with van der Waals surface area (Å²) in [7, 11) is 0. The molecule has 4 saturated heterocycles. The molecule has 4 fully saturated rings. The highest BCUT2D eigenvalue weighted by Gasteiger charge is 2.45. The van der Waals surface area contributed by atoms with E-state index in [-0.39, 0.29) is 24.9 Å². The largest absolute Gasteiger partial charge is 0.491 e. The lowest BCUT2D eigenvalue weighted by molar-refractivity contribution is -0.136. The fourth-order valence-corrected chi connectivity index (χ4v) is 9.26. The number of piperazine rings is 2. The summed E-state index contributed by atoms with van der Waals surface area (Å²) < 4.78 is 5.93. The van der Waals surface area contributed by atoms with Crippen LogP contribution in [0.25, 0.3) is 22.3 Å². The quantitative estimate of drug-likeness (QED) is 0.213. The minimum absolute atomic E-state index is 0.0910. The van der Waals surface area contributed by atoms with Crippen LogP contribution in [0.5, 0.6) is 5.75 Å². The maximum Gasteiger partial charge on any atom is 0.262 e. The van der Waals surface area contributed by atoms with Crippen LogP contribution in [0.3, 0.4) is 0 Å². The first-order valence-electron chi connectivity index (χ1n) is 21.2. The molecule has 0 aliphatic carbocycles. The normalized spacial score (nSPS) is 21.5. The molecule has 16 nitrogen and oxygen atoms in total. The molecule has 1 unspecified atom stereocenters. The third kappa shape index (κ3) is 8.25. The van der Waals surface area contributed by atoms with Crippen molar-refractivity contribution in [3.63, 3.8) is 0 Å². The topological polar surface area (TPSA) is 163 Å². The molecule has 9 rings (SSSR count). The van der Waals surface area contributed by atoms with Gasteiger partial charge in [-0.25, -0.2) is 9.97 Å². The number of carbonyl (C=O) groups excluding carboxylic acids is 4. The number of hydrogen-bond acceptors (Lipinski definition) is 13. The number of nitrogens with zero attached hydrogens (tertiary/aromatic N) is 9. The Bertz CT molecular complexity index is 2220. The number of aromatic nitrogens is 4. The Balaban J connectivity index is 0.695. The molecular weight excluding hydrogens is 751 g/mol. The lowest BCUT2D eigenvalue weighted by Crippen LogP contribution is -2.54. The zero-order valence-corrected chi connectivity index (χ0v) is 33.9. The number of carbonyl (C=O) groups is 4. The number of rotatable bonds is 11. The van der Waals surface area contributed by atoms with E-state index in [1.54, 1.807) is 18.5 Å². The van der Waals surface area contributed by atoms with Gasteiger partial charge in [0.25, 0.3) is 11.8 Å². The monoisotopic (exact) mass is 803 g/mol. The maximum atomic E-state index is 13.3. The van der Waals surface area contributed by atoms with E-state index in [1.807, 2.05) is 44.2 Å². The van der Waals surface area contributed by atoms with Crippen LogP contribution in [0, 0.1) is 5.92 Å². The molecule has 59 heavy (non-hydrogen) atoms. The van der Waals surface area contributed by atoms with Crippen molar-refractivity contribution in [3.05, 3.63) is 59.9 Å². The molecule has 5 aliphatic rings. The van der Waals surface area contributed by atoms with Crippen molar-refractivity contribution in [1.82, 2.24) is 45.1 Å². The lowest BCUT2D eigenvalue weighted by Gasteiger charge is -2.40. The molecule has 2 aromatic heterocycles. The molecular formula is C43H53N11O5. The number of H-pyrrole nitrogens is 1. The molecule has 4 aromatic rings. The molecule has 2 aromatic carbocycles. The fraction of sp³-hybridized carbons (Fsp3) is 0.512. The van der Waals surface area contributed by atoms with E-state index in [2.05, 4.69) is 50.0 Å². The SMILES string of the molecule is CC(C)Oc1ccc2[nH]nc(-c3cc(N4CCN(CCN5CCN(CC6CCN(c7ccc8c(c7)C(=O)N(C7CCC(=O)NC7=O)C8=O)CC6)CC5)CC4)ncn3)c2c1. The summed E-state index contributed by atoms with van der Waals surface area (Å²) in [5, 5.41) is 11.0. The van der Waals surface area contributed by atoms with Crippen LogP contribution in [-0.2, 0) is 9.59 Å². The molecule has 0 spiro atoms. The Morgan fingerprint density at radius 2 is 1.46 bits per heavy atom. The van der Waals surface area contributed by atoms with Crippen LogP contribution in [-0.4, -0.2) is 161 Å². The zero-order chi connectivity index (χ0) is 40.6. The molecule has 0 bridgehead atoms. The van der Waals surface area contributed by atoms with Crippen molar-refractivity contribution in [2.24, 2.45) is 5.92 Å². The second-order valence-corrected chi connectivity index (χ2v) is 16.8. The molecule has 4 amide bonds. The van der Waals surface area contributed by atoms with Crippen molar-refractivity contribution >= 4 is 46.0 Å². The van der Waals surface area contributed by atoms with E-state index >= 15 is 0 Å². The molecule has 2 N–H and O–H groups in total. The van der Waals surface area contributed by atoms with E-state index in [4.69, 9.17) is 4.74 Å². The molecule has 0 radical (unpaired) electrons. The van der Waals surface area contributed by atoms with Gasteiger partial charge >= 0.3 is 0 Å². The van der Waals surface area contributed by atoms with Gasteiger partial charge in [-0.05, 0) is 75.4 Å². The van der Waals surface area contributed by atoms with Crippen LogP contribution < -0.4 is 19.9 Å². The summed E-state index contributed by atoms with van der Waals surface area (Å²) in [6, 6.07) is 12.5. The minimum atomic E-state index is -0.953. The van der Waals surface area contributed by atoms with Crippen LogP contribution in [0.4, 0.5) is 11.5 Å². The average Bonchev–Trinajstić information content (AvgIpc) is 3.78. The summed E-state index contributed by atoms with van der Waals surface area (Å²) in [6.07, 6.45) is 4.14. The van der Waals surface area contributed by atoms with E-state index in [1.165, 1.54) is 0 Å². The third-order valence-corrected chi connectivity index (χ3v) is 12.6. The standard InChI is InChI=1S/C43H53N11O5/c1-28(2)59-31-4-6-35-34(24-31)40(48-47-35)36-25-38(45-27-44-36)53-21-19-50(20-22-53)14-13-49-15-17-51(18-16-49)26-29-9-11-52(12-10-29)30-3-5-32-33(23-30)43(58)54(42(32)57)37-7-8-39(55)46-41(37)56/h3-6,23-25,27-29,37H,7-22,26H2,1-2H3,(H,47,48)(H,46,55,56). The molecule has 0 saturated carbocycles. The number of nitrogens with one attached hydrogen (secondary N) is 2. The number of piperidine rings is 2. The Labute approximate surface area is 343 Å². The first kappa shape index (κ1) is 39.0. The van der Waals surface area contributed by atoms with Crippen LogP contribution in [0.15, 0.2) is 48.8 Å². The maximum absolute atomic E-state index is 13.3. The van der Waals surface area contributed by atoms with Gasteiger partial charge < -0.3 is 19.4 Å². The van der Waals surface area contributed by atoms with E-state index < -0.39 is 23.8 Å². The highest BCUT2D eigenvalue weighted by molar-refractivity contribution is 6.23. The Morgan fingerprint density at radius 3 is 2.19 bits per heavy atom. The summed E-state index contributed by atoms with van der Waals surface area (Å²) in [4.78, 5) is 73.2. The van der Waals surface area contributed by atoms with Gasteiger partial charge in [0.05, 0.1) is 28.4 Å². The van der Waals surface area contributed by atoms with Gasteiger partial charge in [-0.15, -0.1) is 0 Å². The second kappa shape index (κ2) is 16.7. The third-order valence-electron chi connectivity index (χ3n) is 12.6. The average molecular weight is 804 g/mol. The van der Waals surface area contributed by atoms with Gasteiger partial charge in [-0.3, -0.25) is 44.3 Å². The fourth-order valence-electron chi connectivity index (χ4n) is 9.26. The van der Waals surface area contributed by atoms with Crippen molar-refractivity contribution in [2.75, 3.05) is 94.9 Å². The number of benzene rings is 2. The lowest BCUT2D eigenvalue weighted by atomic mass is 9.95. The van der Waals surface area contributed by atoms with Crippen molar-refractivity contribution in [1.29, 1.82) is 0 Å². The van der Waals surface area contributed by atoms with Gasteiger partial charge in [0.15, 0.2) is 0 Å². The zero-order valence-electron chi connectivity index (χ0n) is 33.9. The number of ether oxygens (including phenoxy) is 1. The number of aromatic amines is 1. The van der Waals surface area contributed by atoms with Gasteiger partial charge in [0.2, 0.25) is 11.8 Å². The van der Waals surface area contributed by atoms with Gasteiger partial charge in [-0.1, -0.05) is 0 Å². The Hall–Kier alpha value is -5.45. The summed E-state index contributed by atoms with van der Waals surface area (Å²) in [5.41, 5.74) is 4.13. The molecule has 1 atom stereocenters. The van der Waals surface area contributed by atoms with Gasteiger partial charge in [-0.2, -0.15) is 5.10 Å². The first-order valence-corrected chi connectivity index (χ1v) is 21.2. The predicted octanol–water partition coefficient (Wildman–Crippen LogP) is 2.86. The number of hydrogen-bond donors (Lipinski definition) is 2. The molecule has 16 heteroatoms. The number of anilines is 2. The van der Waals surface area contributed by atoms with Crippen molar-refractivity contribution in [2.45, 2.75) is 51.7 Å². The molecule has 5 aliphatic heterocycles. The van der Waals surface area contributed by atoms with Crippen LogP contribution >= 0.6 is 0 Å². The number of amides is 4. The van der Waals surface area contributed by atoms with Gasteiger partial charge in [0, 0.05) is 109 Å². The summed E-state index contributed by atoms with van der Waals surface area (Å²) in [6.45, 7) is 17.3. The first-order chi connectivity index (χ1) is 28.7. The Morgan fingerprint density at radius 1 is 0.746 bits per heavy atom. The Kier molecular flexibility index (Phi) is 11.0. The predicted molar refractivity (Wildman–Crippen MR) is 222 cm³/mol. The minimum Gasteiger partial charge on any atom is -0.491 e. The van der Waals surface area contributed by atoms with Gasteiger partial charge in [0.1, 0.15) is 29.6 Å². The highest BCUT2D eigenvalue weighted by atomic mass is 16.5. The van der Waals surface area contributed by atoms with E-state index in [9.17, 15) is 19.2 Å². The summed E-state index contributed by atoms with van der Waals surface area (Å²) >= 11 is 0. The van der Waals surface area contributed by atoms with E-state index in [0.29, 0.717) is 17.0 Å². The second-order valence-electron chi connectivity index (χ2n) is 16.8. The highest BCUT2D eigenvalue weighted by Crippen LogP contribution is 2.33. The van der Waals surface area contributed by atoms with Crippen molar-refractivity contribution in [3.8, 4) is 17.1 Å². The van der Waals surface area contributed by atoms with Crippen LogP contribution in [0.1, 0.15) is 60.2 Å². The summed E-state index contributed by atoms with van der Waals surface area (Å²) in [5.74, 6) is 0.473. The van der Waals surface area contributed by atoms with E-state index in [0.717, 1.165) is 142 Å². The smallest absolute Gasteiger partial charge is 0.262 e.